The van der Waals surface area contributed by atoms with E-state index < -0.39 is 0 Å². The summed E-state index contributed by atoms with van der Waals surface area (Å²) in [5, 5.41) is 3.99. The van der Waals surface area contributed by atoms with Gasteiger partial charge in [0.05, 0.1) is 5.92 Å². The molecule has 0 aliphatic carbocycles. The van der Waals surface area contributed by atoms with Crippen LogP contribution in [0.1, 0.15) is 51.2 Å². The third kappa shape index (κ3) is 5.14. The highest BCUT2D eigenvalue weighted by molar-refractivity contribution is 4.96. The zero-order valence-corrected chi connectivity index (χ0v) is 11.9. The molecule has 0 radical (unpaired) electrons. The van der Waals surface area contributed by atoms with Crippen molar-refractivity contribution in [3.05, 3.63) is 11.7 Å². The molecule has 1 atom stereocenters. The lowest BCUT2D eigenvalue weighted by atomic mass is 9.84. The summed E-state index contributed by atoms with van der Waals surface area (Å²) in [7, 11) is 1.69. The fraction of sp³-hybridized carbons (Fsp3) is 0.846. The van der Waals surface area contributed by atoms with Gasteiger partial charge in [0.2, 0.25) is 5.89 Å². The first-order valence-electron chi connectivity index (χ1n) is 6.47. The molecule has 0 aromatic carbocycles. The van der Waals surface area contributed by atoms with Crippen molar-refractivity contribution in [2.24, 2.45) is 11.1 Å². The minimum atomic E-state index is 0.147. The summed E-state index contributed by atoms with van der Waals surface area (Å²) < 4.78 is 10.3. The van der Waals surface area contributed by atoms with Crippen LogP contribution in [0.2, 0.25) is 0 Å². The molecule has 0 saturated carbocycles. The first kappa shape index (κ1) is 15.1. The molecule has 0 aliphatic rings. The minimum absolute atomic E-state index is 0.147. The van der Waals surface area contributed by atoms with Gasteiger partial charge in [-0.2, -0.15) is 4.98 Å². The van der Waals surface area contributed by atoms with Gasteiger partial charge < -0.3 is 15.0 Å². The van der Waals surface area contributed by atoms with Crippen molar-refractivity contribution in [1.29, 1.82) is 0 Å². The molecule has 1 aromatic rings. The van der Waals surface area contributed by atoms with Gasteiger partial charge in [-0.3, -0.25) is 0 Å². The summed E-state index contributed by atoms with van der Waals surface area (Å²) in [6, 6.07) is 0. The predicted molar refractivity (Wildman–Crippen MR) is 70.4 cm³/mol. The highest BCUT2D eigenvalue weighted by Crippen LogP contribution is 2.29. The second kappa shape index (κ2) is 6.85. The number of rotatable bonds is 7. The maximum absolute atomic E-state index is 5.80. The first-order valence-corrected chi connectivity index (χ1v) is 6.47. The topological polar surface area (TPSA) is 74.2 Å². The van der Waals surface area contributed by atoms with E-state index in [1.807, 2.05) is 0 Å². The van der Waals surface area contributed by atoms with Crippen molar-refractivity contribution < 1.29 is 9.26 Å². The van der Waals surface area contributed by atoms with Crippen molar-refractivity contribution in [1.82, 2.24) is 10.1 Å². The Morgan fingerprint density at radius 2 is 2.11 bits per heavy atom. The monoisotopic (exact) mass is 255 g/mol. The van der Waals surface area contributed by atoms with Crippen molar-refractivity contribution >= 4 is 0 Å². The Bertz CT molecular complexity index is 344. The van der Waals surface area contributed by atoms with E-state index in [0.717, 1.165) is 25.1 Å². The van der Waals surface area contributed by atoms with Gasteiger partial charge in [-0.05, 0) is 18.3 Å². The summed E-state index contributed by atoms with van der Waals surface area (Å²) in [5.41, 5.74) is 6.00. The first-order chi connectivity index (χ1) is 8.46. The Labute approximate surface area is 109 Å². The SMILES string of the molecule is COCCCc1noc(C(CN)CC(C)(C)C)n1. The molecule has 0 bridgehead atoms. The lowest BCUT2D eigenvalue weighted by Gasteiger charge is -2.22. The van der Waals surface area contributed by atoms with Crippen LogP contribution >= 0.6 is 0 Å². The quantitative estimate of drug-likeness (QED) is 0.755. The van der Waals surface area contributed by atoms with Crippen molar-refractivity contribution in [2.45, 2.75) is 46.0 Å². The Morgan fingerprint density at radius 3 is 2.67 bits per heavy atom. The van der Waals surface area contributed by atoms with Crippen LogP contribution in [0.15, 0.2) is 4.52 Å². The van der Waals surface area contributed by atoms with Crippen LogP contribution in [0.4, 0.5) is 0 Å². The van der Waals surface area contributed by atoms with Gasteiger partial charge in [0.15, 0.2) is 5.82 Å². The Balaban J connectivity index is 2.59. The van der Waals surface area contributed by atoms with E-state index in [-0.39, 0.29) is 11.3 Å². The molecule has 18 heavy (non-hydrogen) atoms. The second-order valence-corrected chi connectivity index (χ2v) is 5.84. The summed E-state index contributed by atoms with van der Waals surface area (Å²) in [4.78, 5) is 4.42. The highest BCUT2D eigenvalue weighted by Gasteiger charge is 2.23. The van der Waals surface area contributed by atoms with Crippen LogP contribution in [0.25, 0.3) is 0 Å². The van der Waals surface area contributed by atoms with Gasteiger partial charge in [0.1, 0.15) is 0 Å². The molecule has 1 rings (SSSR count). The second-order valence-electron chi connectivity index (χ2n) is 5.84. The number of hydrogen-bond donors (Lipinski definition) is 1. The fourth-order valence-corrected chi connectivity index (χ4v) is 1.92. The Hall–Kier alpha value is -0.940. The maximum Gasteiger partial charge on any atom is 0.231 e. The van der Waals surface area contributed by atoms with Gasteiger partial charge in [0, 0.05) is 26.7 Å². The molecule has 2 N–H and O–H groups in total. The summed E-state index contributed by atoms with van der Waals surface area (Å²) in [6.45, 7) is 7.81. The summed E-state index contributed by atoms with van der Waals surface area (Å²) in [5.74, 6) is 1.56. The van der Waals surface area contributed by atoms with Crippen LogP contribution in [0.5, 0.6) is 0 Å². The zero-order valence-electron chi connectivity index (χ0n) is 11.9. The molecule has 1 aromatic heterocycles. The number of aromatic nitrogens is 2. The van der Waals surface area contributed by atoms with Gasteiger partial charge in [0.25, 0.3) is 0 Å². The average molecular weight is 255 g/mol. The summed E-state index contributed by atoms with van der Waals surface area (Å²) >= 11 is 0. The van der Waals surface area contributed by atoms with Crippen LogP contribution in [-0.2, 0) is 11.2 Å². The molecule has 0 spiro atoms. The third-order valence-electron chi connectivity index (χ3n) is 2.73. The molecule has 0 amide bonds. The molecular weight excluding hydrogens is 230 g/mol. The average Bonchev–Trinajstić information content (AvgIpc) is 2.74. The smallest absolute Gasteiger partial charge is 0.231 e. The number of aryl methyl sites for hydroxylation is 1. The Morgan fingerprint density at radius 1 is 1.39 bits per heavy atom. The van der Waals surface area contributed by atoms with Crippen molar-refractivity contribution in [3.8, 4) is 0 Å². The van der Waals surface area contributed by atoms with E-state index in [9.17, 15) is 0 Å². The molecule has 0 saturated heterocycles. The highest BCUT2D eigenvalue weighted by atomic mass is 16.5. The van der Waals surface area contributed by atoms with Gasteiger partial charge >= 0.3 is 0 Å². The molecule has 0 fully saturated rings. The largest absolute Gasteiger partial charge is 0.385 e. The summed E-state index contributed by atoms with van der Waals surface area (Å²) in [6.07, 6.45) is 2.63. The molecule has 1 heterocycles. The maximum atomic E-state index is 5.80. The van der Waals surface area contributed by atoms with E-state index in [1.165, 1.54) is 0 Å². The molecule has 104 valence electrons. The zero-order chi connectivity index (χ0) is 13.6. The lowest BCUT2D eigenvalue weighted by Crippen LogP contribution is -2.19. The number of hydrogen-bond acceptors (Lipinski definition) is 5. The van der Waals surface area contributed by atoms with Crippen LogP contribution in [0, 0.1) is 5.41 Å². The van der Waals surface area contributed by atoms with Crippen molar-refractivity contribution in [2.75, 3.05) is 20.3 Å². The third-order valence-corrected chi connectivity index (χ3v) is 2.73. The fourth-order valence-electron chi connectivity index (χ4n) is 1.92. The lowest BCUT2D eigenvalue weighted by molar-refractivity contribution is 0.194. The minimum Gasteiger partial charge on any atom is -0.385 e. The van der Waals surface area contributed by atoms with Gasteiger partial charge in [-0.15, -0.1) is 0 Å². The normalized spacial score (nSPS) is 13.8. The number of nitrogens with two attached hydrogens (primary N) is 1. The Kier molecular flexibility index (Phi) is 5.75. The number of ether oxygens (including phenoxy) is 1. The van der Waals surface area contributed by atoms with Gasteiger partial charge in [-0.25, -0.2) is 0 Å². The predicted octanol–water partition coefficient (Wildman–Crippen LogP) is 2.13. The van der Waals surface area contributed by atoms with E-state index in [0.29, 0.717) is 19.0 Å². The molecule has 1 unspecified atom stereocenters. The van der Waals surface area contributed by atoms with Gasteiger partial charge in [-0.1, -0.05) is 25.9 Å². The van der Waals surface area contributed by atoms with Crippen LogP contribution in [-0.4, -0.2) is 30.4 Å². The molecule has 5 nitrogen and oxygen atoms in total. The van der Waals surface area contributed by atoms with Crippen LogP contribution in [0.3, 0.4) is 0 Å². The van der Waals surface area contributed by atoms with Crippen LogP contribution < -0.4 is 5.73 Å². The standard InChI is InChI=1S/C13H25N3O2/c1-13(2,3)8-10(9-14)12-15-11(16-18-12)6-5-7-17-4/h10H,5-9,14H2,1-4H3. The van der Waals surface area contributed by atoms with E-state index >= 15 is 0 Å². The van der Waals surface area contributed by atoms with E-state index in [1.54, 1.807) is 7.11 Å². The number of nitrogens with zero attached hydrogens (tertiary/aromatic N) is 2. The van der Waals surface area contributed by atoms with Crippen molar-refractivity contribution in [3.63, 3.8) is 0 Å². The molecular formula is C13H25N3O2. The van der Waals surface area contributed by atoms with E-state index in [4.69, 9.17) is 15.0 Å². The van der Waals surface area contributed by atoms with E-state index in [2.05, 4.69) is 30.9 Å². The molecule has 5 heteroatoms. The number of methoxy groups -OCH3 is 1. The molecule has 0 aliphatic heterocycles.